The van der Waals surface area contributed by atoms with Gasteiger partial charge in [-0.05, 0) is 44.9 Å². The zero-order valence-electron chi connectivity index (χ0n) is 27.1. The van der Waals surface area contributed by atoms with Crippen molar-refractivity contribution in [3.63, 3.8) is 0 Å². The largest absolute Gasteiger partial charge is 0.340 e. The summed E-state index contributed by atoms with van der Waals surface area (Å²) in [6, 6.07) is 14.1. The molecule has 0 aliphatic carbocycles. The monoisotopic (exact) mass is 632 g/mol. The van der Waals surface area contributed by atoms with E-state index in [1.165, 1.54) is 9.47 Å². The zero-order valence-corrected chi connectivity index (χ0v) is 27.1. The van der Waals surface area contributed by atoms with Crippen LogP contribution in [0.5, 0.6) is 0 Å². The second kappa shape index (κ2) is 12.7. The summed E-state index contributed by atoms with van der Waals surface area (Å²) < 4.78 is 4.21. The maximum atomic E-state index is 14.1. The third kappa shape index (κ3) is 5.27. The predicted molar refractivity (Wildman–Crippen MR) is 180 cm³/mol. The third-order valence-corrected chi connectivity index (χ3v) is 8.64. The lowest BCUT2D eigenvalue weighted by Gasteiger charge is -2.37. The Morgan fingerprint density at radius 2 is 1.57 bits per heavy atom. The molecular weight excluding hydrogens is 596 g/mol. The third-order valence-electron chi connectivity index (χ3n) is 8.64. The number of aryl methyl sites for hydroxylation is 2. The molecule has 12 heteroatoms. The van der Waals surface area contributed by atoms with Crippen LogP contribution in [-0.2, 0) is 20.1 Å². The van der Waals surface area contributed by atoms with Crippen molar-refractivity contribution in [1.82, 2.24) is 33.6 Å². The van der Waals surface area contributed by atoms with E-state index in [1.54, 1.807) is 42.8 Å². The van der Waals surface area contributed by atoms with Crippen LogP contribution in [0.3, 0.4) is 0 Å². The van der Waals surface area contributed by atoms with Gasteiger partial charge in [0, 0.05) is 31.2 Å². The highest BCUT2D eigenvalue weighted by Crippen LogP contribution is 2.30. The smallest absolute Gasteiger partial charge is 0.332 e. The van der Waals surface area contributed by atoms with Gasteiger partial charge < -0.3 is 4.90 Å². The number of fused-ring (bicyclic) bond motifs is 3. The van der Waals surface area contributed by atoms with Gasteiger partial charge in [0.15, 0.2) is 11.2 Å². The van der Waals surface area contributed by atoms with Gasteiger partial charge in [0.25, 0.3) is 17.4 Å². The lowest BCUT2D eigenvalue weighted by atomic mass is 10.0. The number of benzene rings is 2. The number of imide groups is 1. The quantitative estimate of drug-likeness (QED) is 0.213. The molecule has 0 N–H and O–H groups in total. The van der Waals surface area contributed by atoms with Crippen LogP contribution in [0.15, 0.2) is 58.1 Å². The minimum Gasteiger partial charge on any atom is -0.340 e. The van der Waals surface area contributed by atoms with E-state index in [4.69, 9.17) is 4.98 Å². The Bertz CT molecular complexity index is 2200. The highest BCUT2D eigenvalue weighted by atomic mass is 16.2. The van der Waals surface area contributed by atoms with Crippen molar-refractivity contribution in [2.45, 2.75) is 59.7 Å². The van der Waals surface area contributed by atoms with Crippen molar-refractivity contribution in [1.29, 1.82) is 0 Å². The van der Waals surface area contributed by atoms with E-state index in [2.05, 4.69) is 21.8 Å². The van der Waals surface area contributed by atoms with Crippen LogP contribution in [0.4, 0.5) is 5.95 Å². The molecule has 7 rings (SSSR count). The fraction of sp³-hybridized carbons (Fsp3) is 0.343. The van der Waals surface area contributed by atoms with Gasteiger partial charge in [0.2, 0.25) is 5.95 Å². The molecular formula is C35H36N8O4. The van der Waals surface area contributed by atoms with Crippen molar-refractivity contribution >= 4 is 39.8 Å². The molecule has 3 aromatic heterocycles. The van der Waals surface area contributed by atoms with Gasteiger partial charge in [0.05, 0.1) is 35.8 Å². The summed E-state index contributed by atoms with van der Waals surface area (Å²) in [5.41, 5.74) is 1.70. The topological polar surface area (TPSA) is 128 Å². The molecule has 1 saturated heterocycles. The number of piperidine rings is 1. The lowest BCUT2D eigenvalue weighted by Crippen LogP contribution is -2.50. The molecule has 0 radical (unpaired) electrons. The van der Waals surface area contributed by atoms with Gasteiger partial charge >= 0.3 is 5.69 Å². The molecule has 0 bridgehead atoms. The average molecular weight is 633 g/mol. The summed E-state index contributed by atoms with van der Waals surface area (Å²) in [5, 5.41) is 0.902. The van der Waals surface area contributed by atoms with Gasteiger partial charge in [-0.2, -0.15) is 4.98 Å². The number of nitrogens with zero attached hydrogens (tertiary/aromatic N) is 8. The van der Waals surface area contributed by atoms with Crippen LogP contribution in [0.25, 0.3) is 22.1 Å². The molecule has 2 aliphatic heterocycles. The van der Waals surface area contributed by atoms with Crippen LogP contribution >= 0.6 is 0 Å². The Morgan fingerprint density at radius 1 is 0.894 bits per heavy atom. The first-order valence-corrected chi connectivity index (χ1v) is 15.8. The predicted octanol–water partition coefficient (Wildman–Crippen LogP) is 3.51. The van der Waals surface area contributed by atoms with Crippen molar-refractivity contribution in [3.8, 4) is 11.8 Å². The number of carbonyl (C=O) groups is 2. The molecule has 5 aromatic rings. The normalized spacial score (nSPS) is 15.8. The Balaban J connectivity index is 0.00000190. The van der Waals surface area contributed by atoms with Crippen LogP contribution < -0.4 is 16.1 Å². The van der Waals surface area contributed by atoms with E-state index in [-0.39, 0.29) is 42.1 Å². The number of anilines is 1. The van der Waals surface area contributed by atoms with E-state index in [0.717, 1.165) is 21.2 Å². The first-order valence-electron chi connectivity index (χ1n) is 15.8. The molecule has 240 valence electrons. The number of aromatic nitrogens is 6. The SMILES string of the molecule is CC.CC#CCn1c(N2CCC[C@@H](N3C(=O)c4ccccc4C3=O)C2)nc2c1c(=O)n(Cc1nc(C)c3ccccc3n1)c(=O)n2C. The van der Waals surface area contributed by atoms with Crippen LogP contribution in [0, 0.1) is 18.8 Å². The highest BCUT2D eigenvalue weighted by molar-refractivity contribution is 6.21. The van der Waals surface area contributed by atoms with Crippen LogP contribution in [-0.4, -0.2) is 64.5 Å². The number of hydrogen-bond acceptors (Lipinski definition) is 8. The molecule has 2 amide bonds. The van der Waals surface area contributed by atoms with Gasteiger partial charge in [-0.25, -0.2) is 14.8 Å². The maximum Gasteiger partial charge on any atom is 0.332 e. The Hall–Kier alpha value is -5.57. The van der Waals surface area contributed by atoms with Crippen LogP contribution in [0.1, 0.15) is 65.8 Å². The summed E-state index contributed by atoms with van der Waals surface area (Å²) in [7, 11) is 1.58. The maximum absolute atomic E-state index is 14.1. The number of hydrogen-bond donors (Lipinski definition) is 0. The molecule has 0 unspecified atom stereocenters. The molecule has 47 heavy (non-hydrogen) atoms. The molecule has 2 aliphatic rings. The molecule has 12 nitrogen and oxygen atoms in total. The second-order valence-corrected chi connectivity index (χ2v) is 11.3. The van der Waals surface area contributed by atoms with Gasteiger partial charge in [-0.3, -0.25) is 33.0 Å². The zero-order chi connectivity index (χ0) is 33.4. The fourth-order valence-corrected chi connectivity index (χ4v) is 6.44. The number of imidazole rings is 1. The second-order valence-electron chi connectivity index (χ2n) is 11.3. The molecule has 1 atom stereocenters. The summed E-state index contributed by atoms with van der Waals surface area (Å²) in [6.07, 6.45) is 1.34. The summed E-state index contributed by atoms with van der Waals surface area (Å²) in [5.74, 6) is 6.13. The number of carbonyl (C=O) groups excluding carboxylic acids is 2. The Labute approximate surface area is 271 Å². The fourth-order valence-electron chi connectivity index (χ4n) is 6.44. The molecule has 2 aromatic carbocycles. The summed E-state index contributed by atoms with van der Waals surface area (Å²) in [6.45, 7) is 8.56. The van der Waals surface area contributed by atoms with Crippen molar-refractivity contribution in [2.75, 3.05) is 18.0 Å². The van der Waals surface area contributed by atoms with Crippen LogP contribution in [0.2, 0.25) is 0 Å². The van der Waals surface area contributed by atoms with Gasteiger partial charge in [-0.15, -0.1) is 5.92 Å². The van der Waals surface area contributed by atoms with Crippen molar-refractivity contribution < 1.29 is 9.59 Å². The minimum absolute atomic E-state index is 0.112. The number of rotatable bonds is 5. The van der Waals surface area contributed by atoms with Gasteiger partial charge in [0.1, 0.15) is 5.82 Å². The van der Waals surface area contributed by atoms with E-state index < -0.39 is 11.2 Å². The van der Waals surface area contributed by atoms with E-state index >= 15 is 0 Å². The highest BCUT2D eigenvalue weighted by Gasteiger charge is 2.41. The molecule has 5 heterocycles. The number of para-hydroxylation sites is 1. The standard InChI is InChI=1S/C33H30N8O4.C2H6/c1-4-5-17-39-27-28(37(3)33(45)40(31(27)44)19-26-34-20(2)22-12-8-9-15-25(22)35-26)36-32(39)38-16-10-11-21(18-38)41-29(42)23-13-6-7-14-24(23)30(41)43;1-2/h6-9,12-15,21H,10-11,16-19H2,1-3H3;1-2H3/t21-;/m1./s1. The molecule has 0 saturated carbocycles. The molecule has 1 fully saturated rings. The minimum atomic E-state index is -0.540. The first-order chi connectivity index (χ1) is 22.8. The molecule has 0 spiro atoms. The first kappa shape index (κ1) is 31.4. The van der Waals surface area contributed by atoms with E-state index in [9.17, 15) is 19.2 Å². The van der Waals surface area contributed by atoms with Gasteiger partial charge in [-0.1, -0.05) is 50.1 Å². The summed E-state index contributed by atoms with van der Waals surface area (Å²) >= 11 is 0. The lowest BCUT2D eigenvalue weighted by molar-refractivity contribution is 0.0569. The van der Waals surface area contributed by atoms with Crippen molar-refractivity contribution in [2.24, 2.45) is 7.05 Å². The Morgan fingerprint density at radius 3 is 2.28 bits per heavy atom. The Kier molecular flexibility index (Phi) is 8.47. The summed E-state index contributed by atoms with van der Waals surface area (Å²) in [4.78, 5) is 71.5. The van der Waals surface area contributed by atoms with E-state index in [1.807, 2.05) is 49.9 Å². The average Bonchev–Trinajstić information content (AvgIpc) is 3.60. The number of amides is 2. The van der Waals surface area contributed by atoms with E-state index in [0.29, 0.717) is 48.8 Å². The van der Waals surface area contributed by atoms with Crippen molar-refractivity contribution in [3.05, 3.63) is 92.0 Å².